The van der Waals surface area contributed by atoms with Gasteiger partial charge in [-0.2, -0.15) is 0 Å². The molecule has 2 atom stereocenters. The first-order chi connectivity index (χ1) is 8.84. The normalized spacial score (nSPS) is 28.6. The van der Waals surface area contributed by atoms with Crippen LogP contribution in [0.2, 0.25) is 0 Å². The summed E-state index contributed by atoms with van der Waals surface area (Å²) in [5.74, 6) is 0. The number of ether oxygens (including phenoxy) is 1. The second kappa shape index (κ2) is 5.29. The van der Waals surface area contributed by atoms with E-state index in [1.165, 1.54) is 24.1 Å². The van der Waals surface area contributed by atoms with Crippen molar-refractivity contribution in [3.05, 3.63) is 29.8 Å². The second-order valence-corrected chi connectivity index (χ2v) is 5.43. The molecule has 0 aliphatic carbocycles. The Balaban J connectivity index is 1.90. The summed E-state index contributed by atoms with van der Waals surface area (Å²) in [4.78, 5) is 2.55. The fraction of sp³-hybridized carbons (Fsp3) is 0.600. The highest BCUT2D eigenvalue weighted by molar-refractivity contribution is 5.55. The van der Waals surface area contributed by atoms with Crippen LogP contribution in [0.5, 0.6) is 0 Å². The van der Waals surface area contributed by atoms with E-state index in [1.54, 1.807) is 0 Å². The van der Waals surface area contributed by atoms with Crippen LogP contribution in [0.4, 0.5) is 5.69 Å². The van der Waals surface area contributed by atoms with Crippen molar-refractivity contribution in [1.29, 1.82) is 0 Å². The van der Waals surface area contributed by atoms with Gasteiger partial charge >= 0.3 is 0 Å². The Bertz CT molecular complexity index is 401. The molecule has 2 aliphatic heterocycles. The van der Waals surface area contributed by atoms with Gasteiger partial charge in [0.2, 0.25) is 0 Å². The molecule has 0 bridgehead atoms. The summed E-state index contributed by atoms with van der Waals surface area (Å²) < 4.78 is 5.66. The molecule has 0 spiro atoms. The van der Waals surface area contributed by atoms with E-state index in [4.69, 9.17) is 4.74 Å². The van der Waals surface area contributed by atoms with Crippen LogP contribution >= 0.6 is 0 Å². The Kier molecular flexibility index (Phi) is 3.52. The van der Waals surface area contributed by atoms with Gasteiger partial charge in [0.05, 0.1) is 12.6 Å². The Morgan fingerprint density at radius 3 is 3.06 bits per heavy atom. The van der Waals surface area contributed by atoms with Gasteiger partial charge in [-0.1, -0.05) is 18.2 Å². The van der Waals surface area contributed by atoms with Crippen LogP contribution in [0.15, 0.2) is 24.3 Å². The van der Waals surface area contributed by atoms with Crippen molar-refractivity contribution in [2.24, 2.45) is 0 Å². The molecular formula is C15H22N2O. The number of hydrogen-bond acceptors (Lipinski definition) is 3. The van der Waals surface area contributed by atoms with Gasteiger partial charge < -0.3 is 15.0 Å². The van der Waals surface area contributed by atoms with Crippen LogP contribution in [-0.2, 0) is 11.3 Å². The van der Waals surface area contributed by atoms with E-state index in [0.717, 1.165) is 26.3 Å². The first-order valence-corrected chi connectivity index (χ1v) is 7.00. The minimum absolute atomic E-state index is 0.527. The molecule has 0 saturated carbocycles. The molecule has 0 amide bonds. The number of hydrogen-bond donors (Lipinski definition) is 1. The molecule has 1 saturated heterocycles. The van der Waals surface area contributed by atoms with Gasteiger partial charge in [-0.3, -0.25) is 0 Å². The molecule has 98 valence electrons. The highest BCUT2D eigenvalue weighted by atomic mass is 16.5. The molecule has 2 unspecified atom stereocenters. The highest BCUT2D eigenvalue weighted by Crippen LogP contribution is 2.27. The van der Waals surface area contributed by atoms with Gasteiger partial charge in [-0.25, -0.2) is 0 Å². The maximum absolute atomic E-state index is 5.66. The average Bonchev–Trinajstić information content (AvgIpc) is 2.60. The molecular weight excluding hydrogens is 224 g/mol. The van der Waals surface area contributed by atoms with Gasteiger partial charge in [0, 0.05) is 31.4 Å². The molecule has 0 radical (unpaired) electrons. The zero-order chi connectivity index (χ0) is 12.4. The summed E-state index contributed by atoms with van der Waals surface area (Å²) in [6, 6.07) is 9.83. The van der Waals surface area contributed by atoms with Crippen molar-refractivity contribution in [3.8, 4) is 0 Å². The van der Waals surface area contributed by atoms with E-state index in [-0.39, 0.29) is 0 Å². The number of nitrogens with one attached hydrogen (secondary N) is 1. The lowest BCUT2D eigenvalue weighted by molar-refractivity contribution is 0.0789. The summed E-state index contributed by atoms with van der Waals surface area (Å²) in [5, 5.41) is 3.59. The largest absolute Gasteiger partial charge is 0.379 e. The third-order valence-electron chi connectivity index (χ3n) is 3.99. The quantitative estimate of drug-likeness (QED) is 0.822. The maximum Gasteiger partial charge on any atom is 0.0670 e. The van der Waals surface area contributed by atoms with Crippen LogP contribution < -0.4 is 10.2 Å². The number of rotatable bonds is 1. The van der Waals surface area contributed by atoms with Gasteiger partial charge in [0.25, 0.3) is 0 Å². The molecule has 2 heterocycles. The first-order valence-electron chi connectivity index (χ1n) is 7.00. The van der Waals surface area contributed by atoms with Crippen molar-refractivity contribution < 1.29 is 4.74 Å². The van der Waals surface area contributed by atoms with Gasteiger partial charge in [0.1, 0.15) is 0 Å². The van der Waals surface area contributed by atoms with Crippen molar-refractivity contribution in [3.63, 3.8) is 0 Å². The SMILES string of the molecule is CC1CN(C2CCCOC2)c2ccccc2CN1. The number of nitrogens with zero attached hydrogens (tertiary/aromatic N) is 1. The van der Waals surface area contributed by atoms with Gasteiger partial charge in [-0.15, -0.1) is 0 Å². The predicted octanol–water partition coefficient (Wildman–Crippen LogP) is 2.16. The molecule has 1 aromatic carbocycles. The number of fused-ring (bicyclic) bond motifs is 1. The molecule has 3 rings (SSSR count). The first kappa shape index (κ1) is 12.0. The lowest BCUT2D eigenvalue weighted by atomic mass is 10.1. The van der Waals surface area contributed by atoms with Gasteiger partial charge in [-0.05, 0) is 31.4 Å². The summed E-state index contributed by atoms with van der Waals surface area (Å²) in [6.45, 7) is 6.12. The van der Waals surface area contributed by atoms with E-state index >= 15 is 0 Å². The lowest BCUT2D eigenvalue weighted by Crippen LogP contribution is -2.46. The van der Waals surface area contributed by atoms with Crippen molar-refractivity contribution in [2.75, 3.05) is 24.7 Å². The van der Waals surface area contributed by atoms with Crippen LogP contribution in [0.3, 0.4) is 0 Å². The zero-order valence-corrected chi connectivity index (χ0v) is 11.1. The molecule has 0 aromatic heterocycles. The Labute approximate surface area is 109 Å². The maximum atomic E-state index is 5.66. The number of para-hydroxylation sites is 1. The molecule has 2 aliphatic rings. The molecule has 1 N–H and O–H groups in total. The third kappa shape index (κ3) is 2.38. The predicted molar refractivity (Wildman–Crippen MR) is 73.9 cm³/mol. The van der Waals surface area contributed by atoms with Crippen LogP contribution in [-0.4, -0.2) is 31.8 Å². The summed E-state index contributed by atoms with van der Waals surface area (Å²) in [5.41, 5.74) is 2.80. The minimum Gasteiger partial charge on any atom is -0.379 e. The Morgan fingerprint density at radius 1 is 1.33 bits per heavy atom. The summed E-state index contributed by atoms with van der Waals surface area (Å²) in [7, 11) is 0. The highest BCUT2D eigenvalue weighted by Gasteiger charge is 2.26. The van der Waals surface area contributed by atoms with Gasteiger partial charge in [0.15, 0.2) is 0 Å². The molecule has 3 heteroatoms. The van der Waals surface area contributed by atoms with Crippen molar-refractivity contribution in [1.82, 2.24) is 5.32 Å². The van der Waals surface area contributed by atoms with E-state index in [2.05, 4.69) is 41.4 Å². The summed E-state index contributed by atoms with van der Waals surface area (Å²) >= 11 is 0. The molecule has 1 aromatic rings. The van der Waals surface area contributed by atoms with E-state index in [9.17, 15) is 0 Å². The van der Waals surface area contributed by atoms with E-state index < -0.39 is 0 Å². The van der Waals surface area contributed by atoms with E-state index in [0.29, 0.717) is 12.1 Å². The zero-order valence-electron chi connectivity index (χ0n) is 11.1. The average molecular weight is 246 g/mol. The lowest BCUT2D eigenvalue weighted by Gasteiger charge is -2.37. The Morgan fingerprint density at radius 2 is 2.22 bits per heavy atom. The van der Waals surface area contributed by atoms with Crippen molar-refractivity contribution >= 4 is 5.69 Å². The minimum atomic E-state index is 0.527. The fourth-order valence-electron chi connectivity index (χ4n) is 3.00. The number of anilines is 1. The number of benzene rings is 1. The standard InChI is InChI=1S/C15H22N2O/c1-12-10-17(14-6-4-8-18-11-14)15-7-3-2-5-13(15)9-16-12/h2-3,5,7,12,14,16H,4,6,8-11H2,1H3. The van der Waals surface area contributed by atoms with Crippen molar-refractivity contribution in [2.45, 2.75) is 38.4 Å². The van der Waals surface area contributed by atoms with Crippen LogP contribution in [0.1, 0.15) is 25.3 Å². The second-order valence-electron chi connectivity index (χ2n) is 5.43. The molecule has 18 heavy (non-hydrogen) atoms. The summed E-state index contributed by atoms with van der Waals surface area (Å²) in [6.07, 6.45) is 2.44. The third-order valence-corrected chi connectivity index (χ3v) is 3.99. The van der Waals surface area contributed by atoms with Crippen LogP contribution in [0.25, 0.3) is 0 Å². The monoisotopic (exact) mass is 246 g/mol. The van der Waals surface area contributed by atoms with E-state index in [1.807, 2.05) is 0 Å². The molecule has 1 fully saturated rings. The smallest absolute Gasteiger partial charge is 0.0670 e. The molecule has 3 nitrogen and oxygen atoms in total. The van der Waals surface area contributed by atoms with Crippen LogP contribution in [0, 0.1) is 0 Å². The Hall–Kier alpha value is -1.06. The fourth-order valence-corrected chi connectivity index (χ4v) is 3.00. The topological polar surface area (TPSA) is 24.5 Å².